The van der Waals surface area contributed by atoms with Crippen molar-refractivity contribution in [2.24, 2.45) is 0 Å². The average Bonchev–Trinajstić information content (AvgIpc) is 2.78. The second-order valence-corrected chi connectivity index (χ2v) is 6.41. The number of aromatic nitrogens is 3. The number of hydrogen-bond acceptors (Lipinski definition) is 3. The summed E-state index contributed by atoms with van der Waals surface area (Å²) in [6.07, 6.45) is 7.97. The highest BCUT2D eigenvalue weighted by atomic mass is 16.1. The molecule has 0 spiro atoms. The number of hydrogen-bond donors (Lipinski definition) is 1. The van der Waals surface area contributed by atoms with Crippen LogP contribution in [0.2, 0.25) is 0 Å². The van der Waals surface area contributed by atoms with Crippen LogP contribution in [0.25, 0.3) is 6.08 Å². The van der Waals surface area contributed by atoms with E-state index >= 15 is 0 Å². The fraction of sp³-hybridized carbons (Fsp3) is 0.421. The molecule has 1 amide bonds. The van der Waals surface area contributed by atoms with Crippen LogP contribution in [0.15, 0.2) is 24.3 Å². The lowest BCUT2D eigenvalue weighted by atomic mass is 10.1. The van der Waals surface area contributed by atoms with E-state index in [1.807, 2.05) is 12.1 Å². The number of nitrogens with zero attached hydrogens (tertiary/aromatic N) is 3. The molecule has 5 heteroatoms. The van der Waals surface area contributed by atoms with Gasteiger partial charge in [-0.15, -0.1) is 10.2 Å². The van der Waals surface area contributed by atoms with Crippen molar-refractivity contribution in [1.29, 1.82) is 0 Å². The van der Waals surface area contributed by atoms with Crippen molar-refractivity contribution in [1.82, 2.24) is 20.1 Å². The number of carbonyl (C=O) groups excluding carboxylic acids is 1. The third-order valence-corrected chi connectivity index (χ3v) is 4.45. The highest BCUT2D eigenvalue weighted by Gasteiger charge is 2.14. The summed E-state index contributed by atoms with van der Waals surface area (Å²) in [6, 6.07) is 6.20. The summed E-state index contributed by atoms with van der Waals surface area (Å²) in [5, 5.41) is 11.4. The van der Waals surface area contributed by atoms with Crippen molar-refractivity contribution < 1.29 is 4.79 Å². The van der Waals surface area contributed by atoms with Crippen LogP contribution in [0, 0.1) is 13.8 Å². The molecular formula is C19H24N4O. The molecule has 0 radical (unpaired) electrons. The summed E-state index contributed by atoms with van der Waals surface area (Å²) in [5.74, 6) is 1.78. The van der Waals surface area contributed by atoms with Gasteiger partial charge in [0.25, 0.3) is 0 Å². The van der Waals surface area contributed by atoms with E-state index < -0.39 is 0 Å². The molecule has 126 valence electrons. The zero-order valence-corrected chi connectivity index (χ0v) is 14.4. The third kappa shape index (κ3) is 3.91. The molecule has 0 fully saturated rings. The summed E-state index contributed by atoms with van der Waals surface area (Å²) >= 11 is 0. The molecule has 3 rings (SSSR count). The predicted octanol–water partition coefficient (Wildman–Crippen LogP) is 2.95. The zero-order chi connectivity index (χ0) is 16.9. The Morgan fingerprint density at radius 2 is 2.12 bits per heavy atom. The largest absolute Gasteiger partial charge is 0.345 e. The summed E-state index contributed by atoms with van der Waals surface area (Å²) in [7, 11) is 0. The smallest absolute Gasteiger partial charge is 0.244 e. The molecular weight excluding hydrogens is 300 g/mol. The van der Waals surface area contributed by atoms with Gasteiger partial charge < -0.3 is 9.88 Å². The Kier molecular flexibility index (Phi) is 5.08. The zero-order valence-electron chi connectivity index (χ0n) is 14.4. The fourth-order valence-corrected chi connectivity index (χ4v) is 3.08. The van der Waals surface area contributed by atoms with Crippen molar-refractivity contribution >= 4 is 12.0 Å². The van der Waals surface area contributed by atoms with Crippen LogP contribution in [0.1, 0.15) is 47.6 Å². The van der Waals surface area contributed by atoms with Crippen LogP contribution in [-0.2, 0) is 24.3 Å². The van der Waals surface area contributed by atoms with Crippen molar-refractivity contribution in [3.63, 3.8) is 0 Å². The van der Waals surface area contributed by atoms with Gasteiger partial charge in [0.2, 0.25) is 5.91 Å². The van der Waals surface area contributed by atoms with Gasteiger partial charge in [0.05, 0.1) is 6.54 Å². The number of benzene rings is 1. The molecule has 0 saturated heterocycles. The van der Waals surface area contributed by atoms with Gasteiger partial charge in [-0.1, -0.05) is 30.2 Å². The lowest BCUT2D eigenvalue weighted by Gasteiger charge is -2.07. The van der Waals surface area contributed by atoms with Crippen molar-refractivity contribution in [2.75, 3.05) is 0 Å². The van der Waals surface area contributed by atoms with Gasteiger partial charge in [0, 0.05) is 19.0 Å². The normalized spacial score (nSPS) is 14.4. The highest BCUT2D eigenvalue weighted by molar-refractivity contribution is 5.91. The van der Waals surface area contributed by atoms with E-state index in [9.17, 15) is 4.79 Å². The third-order valence-electron chi connectivity index (χ3n) is 4.45. The maximum Gasteiger partial charge on any atom is 0.244 e. The predicted molar refractivity (Wildman–Crippen MR) is 94.4 cm³/mol. The molecule has 2 aromatic rings. The minimum Gasteiger partial charge on any atom is -0.345 e. The first-order valence-corrected chi connectivity index (χ1v) is 8.57. The standard InChI is InChI=1S/C19H24N4O/c1-14-7-8-16(15(2)12-14)9-10-19(24)20-13-18-22-21-17-6-4-3-5-11-23(17)18/h7-10,12H,3-6,11,13H2,1-2H3,(H,20,24)/b10-9+. The Morgan fingerprint density at radius 3 is 2.96 bits per heavy atom. The summed E-state index contributed by atoms with van der Waals surface area (Å²) < 4.78 is 2.15. The van der Waals surface area contributed by atoms with Gasteiger partial charge in [-0.25, -0.2) is 0 Å². The maximum atomic E-state index is 12.1. The summed E-state index contributed by atoms with van der Waals surface area (Å²) in [5.41, 5.74) is 3.45. The molecule has 1 aromatic carbocycles. The topological polar surface area (TPSA) is 59.8 Å². The van der Waals surface area contributed by atoms with Crippen molar-refractivity contribution in [3.8, 4) is 0 Å². The van der Waals surface area contributed by atoms with Gasteiger partial charge in [-0.3, -0.25) is 4.79 Å². The van der Waals surface area contributed by atoms with Crippen LogP contribution < -0.4 is 5.32 Å². The summed E-state index contributed by atoms with van der Waals surface area (Å²) in [6.45, 7) is 5.49. The maximum absolute atomic E-state index is 12.1. The number of rotatable bonds is 4. The minimum atomic E-state index is -0.110. The lowest BCUT2D eigenvalue weighted by molar-refractivity contribution is -0.116. The molecule has 0 aliphatic carbocycles. The Morgan fingerprint density at radius 1 is 1.25 bits per heavy atom. The molecule has 1 aliphatic rings. The van der Waals surface area contributed by atoms with Gasteiger partial charge in [-0.2, -0.15) is 0 Å². The first-order chi connectivity index (χ1) is 11.6. The Hall–Kier alpha value is -2.43. The molecule has 1 N–H and O–H groups in total. The van der Waals surface area contributed by atoms with Gasteiger partial charge in [-0.05, 0) is 43.9 Å². The van der Waals surface area contributed by atoms with E-state index in [2.05, 4.69) is 46.1 Å². The molecule has 0 unspecified atom stereocenters. The van der Waals surface area contributed by atoms with Crippen LogP contribution in [0.3, 0.4) is 0 Å². The average molecular weight is 324 g/mol. The van der Waals surface area contributed by atoms with E-state index in [0.717, 1.165) is 36.6 Å². The lowest BCUT2D eigenvalue weighted by Crippen LogP contribution is -2.23. The molecule has 0 saturated carbocycles. The highest BCUT2D eigenvalue weighted by Crippen LogP contribution is 2.14. The molecule has 0 atom stereocenters. The van der Waals surface area contributed by atoms with Gasteiger partial charge in [0.1, 0.15) is 5.82 Å². The SMILES string of the molecule is Cc1ccc(/C=C/C(=O)NCc2nnc3n2CCCCC3)c(C)c1. The number of carbonyl (C=O) groups is 1. The van der Waals surface area contributed by atoms with Crippen molar-refractivity contribution in [3.05, 3.63) is 52.6 Å². The number of aryl methyl sites for hydroxylation is 3. The van der Waals surface area contributed by atoms with Crippen molar-refractivity contribution in [2.45, 2.75) is 52.6 Å². The Bertz CT molecular complexity index is 761. The first-order valence-electron chi connectivity index (χ1n) is 8.57. The Labute approximate surface area is 142 Å². The van der Waals surface area contributed by atoms with Gasteiger partial charge >= 0.3 is 0 Å². The number of nitrogens with one attached hydrogen (secondary N) is 1. The number of amides is 1. The van der Waals surface area contributed by atoms with Crippen LogP contribution in [0.4, 0.5) is 0 Å². The Balaban J connectivity index is 1.60. The molecule has 24 heavy (non-hydrogen) atoms. The minimum absolute atomic E-state index is 0.110. The van der Waals surface area contributed by atoms with E-state index in [4.69, 9.17) is 0 Å². The second kappa shape index (κ2) is 7.43. The van der Waals surface area contributed by atoms with Crippen LogP contribution in [0.5, 0.6) is 0 Å². The molecule has 0 bridgehead atoms. The van der Waals surface area contributed by atoms with Crippen LogP contribution >= 0.6 is 0 Å². The van der Waals surface area contributed by atoms with E-state index in [1.165, 1.54) is 24.0 Å². The first kappa shape index (κ1) is 16.4. The fourth-order valence-electron chi connectivity index (χ4n) is 3.08. The van der Waals surface area contributed by atoms with E-state index in [1.54, 1.807) is 6.08 Å². The molecule has 2 heterocycles. The van der Waals surface area contributed by atoms with E-state index in [-0.39, 0.29) is 5.91 Å². The van der Waals surface area contributed by atoms with Crippen LogP contribution in [-0.4, -0.2) is 20.7 Å². The van der Waals surface area contributed by atoms with E-state index in [0.29, 0.717) is 6.54 Å². The monoisotopic (exact) mass is 324 g/mol. The molecule has 1 aliphatic heterocycles. The molecule has 1 aromatic heterocycles. The number of fused-ring (bicyclic) bond motifs is 1. The quantitative estimate of drug-likeness (QED) is 0.880. The summed E-state index contributed by atoms with van der Waals surface area (Å²) in [4.78, 5) is 12.1. The van der Waals surface area contributed by atoms with Gasteiger partial charge in [0.15, 0.2) is 5.82 Å². The molecule has 5 nitrogen and oxygen atoms in total. The second-order valence-electron chi connectivity index (χ2n) is 6.41.